The summed E-state index contributed by atoms with van der Waals surface area (Å²) in [5, 5.41) is -0.570. The van der Waals surface area contributed by atoms with Gasteiger partial charge in [0.25, 0.3) is 11.8 Å². The molecule has 1 heterocycles. The van der Waals surface area contributed by atoms with Gasteiger partial charge in [0.15, 0.2) is 0 Å². The fraction of sp³-hybridized carbons (Fsp3) is 0.118. The van der Waals surface area contributed by atoms with Crippen LogP contribution in [0.5, 0.6) is 0 Å². The van der Waals surface area contributed by atoms with Gasteiger partial charge in [-0.05, 0) is 28.8 Å². The largest absolute Gasteiger partial charge is 0.281 e. The molecule has 5 heteroatoms. The maximum Gasteiger partial charge on any atom is 0.262 e. The Balaban J connectivity index is 2.04. The lowest BCUT2D eigenvalue weighted by Crippen LogP contribution is -2.31. The molecule has 4 nitrogen and oxygen atoms in total. The van der Waals surface area contributed by atoms with Crippen LogP contribution in [0.2, 0.25) is 0 Å². The minimum atomic E-state index is -0.570. The van der Waals surface area contributed by atoms with Crippen LogP contribution in [0.4, 0.5) is 0 Å². The normalized spacial score (nSPS) is 13.4. The van der Waals surface area contributed by atoms with Crippen molar-refractivity contribution in [2.75, 3.05) is 6.54 Å². The van der Waals surface area contributed by atoms with E-state index in [4.69, 9.17) is 11.6 Å². The number of carbonyl (C=O) groups is 3. The molecule has 1 aliphatic heterocycles. The first-order chi connectivity index (χ1) is 10.6. The number of nitrogens with zero attached hydrogens (tertiary/aromatic N) is 1. The number of amides is 2. The van der Waals surface area contributed by atoms with Crippen LogP contribution >= 0.6 is 11.6 Å². The van der Waals surface area contributed by atoms with E-state index in [1.165, 1.54) is 0 Å². The highest BCUT2D eigenvalue weighted by Crippen LogP contribution is 2.32. The molecule has 0 saturated carbocycles. The number of rotatable bonds is 4. The molecule has 0 aliphatic carbocycles. The molecule has 0 bridgehead atoms. The fourth-order valence-corrected chi connectivity index (χ4v) is 2.68. The van der Waals surface area contributed by atoms with Crippen molar-refractivity contribution >= 4 is 28.7 Å². The van der Waals surface area contributed by atoms with Gasteiger partial charge in [-0.15, -0.1) is 0 Å². The Hall–Kier alpha value is -2.46. The number of imide groups is 1. The van der Waals surface area contributed by atoms with Crippen molar-refractivity contribution in [3.05, 3.63) is 59.7 Å². The molecule has 0 aromatic heterocycles. The first-order valence-electron chi connectivity index (χ1n) is 6.82. The highest BCUT2D eigenvalue weighted by molar-refractivity contribution is 6.63. The van der Waals surface area contributed by atoms with Crippen LogP contribution < -0.4 is 0 Å². The zero-order valence-corrected chi connectivity index (χ0v) is 12.3. The third kappa shape index (κ3) is 2.42. The van der Waals surface area contributed by atoms with E-state index >= 15 is 0 Å². The van der Waals surface area contributed by atoms with Crippen LogP contribution in [0, 0.1) is 0 Å². The molecule has 2 amide bonds. The molecule has 0 spiro atoms. The van der Waals surface area contributed by atoms with Crippen LogP contribution in [0.3, 0.4) is 0 Å². The van der Waals surface area contributed by atoms with Gasteiger partial charge in [0, 0.05) is 13.0 Å². The van der Waals surface area contributed by atoms with Gasteiger partial charge in [-0.25, -0.2) is 0 Å². The Labute approximate surface area is 132 Å². The third-order valence-electron chi connectivity index (χ3n) is 3.62. The van der Waals surface area contributed by atoms with Gasteiger partial charge >= 0.3 is 0 Å². The van der Waals surface area contributed by atoms with Crippen LogP contribution in [-0.2, 0) is 4.79 Å². The molecule has 2 aromatic rings. The zero-order chi connectivity index (χ0) is 15.7. The van der Waals surface area contributed by atoms with Crippen molar-refractivity contribution in [1.29, 1.82) is 0 Å². The van der Waals surface area contributed by atoms with E-state index in [1.54, 1.807) is 12.1 Å². The van der Waals surface area contributed by atoms with Crippen molar-refractivity contribution in [2.45, 2.75) is 6.42 Å². The smallest absolute Gasteiger partial charge is 0.262 e. The van der Waals surface area contributed by atoms with Gasteiger partial charge in [-0.1, -0.05) is 42.5 Å². The number of carbonyl (C=O) groups excluding carboxylic acids is 3. The maximum atomic E-state index is 12.6. The average molecular weight is 314 g/mol. The molecule has 0 fully saturated rings. The number of fused-ring (bicyclic) bond motifs is 1. The van der Waals surface area contributed by atoms with Gasteiger partial charge in [0.1, 0.15) is 0 Å². The molecule has 2 aromatic carbocycles. The predicted molar refractivity (Wildman–Crippen MR) is 82.7 cm³/mol. The second kappa shape index (κ2) is 5.73. The van der Waals surface area contributed by atoms with Gasteiger partial charge in [-0.2, -0.15) is 0 Å². The molecule has 0 radical (unpaired) electrons. The van der Waals surface area contributed by atoms with Crippen molar-refractivity contribution in [2.24, 2.45) is 0 Å². The van der Waals surface area contributed by atoms with E-state index in [1.807, 2.05) is 36.4 Å². The van der Waals surface area contributed by atoms with Gasteiger partial charge in [0.2, 0.25) is 5.24 Å². The Bertz CT molecular complexity index is 771. The van der Waals surface area contributed by atoms with Crippen LogP contribution in [0.1, 0.15) is 27.1 Å². The van der Waals surface area contributed by atoms with E-state index < -0.39 is 5.24 Å². The van der Waals surface area contributed by atoms with Crippen LogP contribution in [0.15, 0.2) is 48.5 Å². The zero-order valence-electron chi connectivity index (χ0n) is 11.6. The number of hydrogen-bond donors (Lipinski definition) is 0. The maximum absolute atomic E-state index is 12.6. The lowest BCUT2D eigenvalue weighted by Gasteiger charge is -2.12. The summed E-state index contributed by atoms with van der Waals surface area (Å²) >= 11 is 5.30. The van der Waals surface area contributed by atoms with Crippen molar-refractivity contribution < 1.29 is 14.4 Å². The lowest BCUT2D eigenvalue weighted by atomic mass is 9.97. The Morgan fingerprint density at radius 2 is 1.59 bits per heavy atom. The minimum Gasteiger partial charge on any atom is -0.281 e. The summed E-state index contributed by atoms with van der Waals surface area (Å²) in [7, 11) is 0. The lowest BCUT2D eigenvalue weighted by molar-refractivity contribution is -0.111. The highest BCUT2D eigenvalue weighted by Gasteiger charge is 2.37. The first-order valence-corrected chi connectivity index (χ1v) is 7.20. The number of hydrogen-bond acceptors (Lipinski definition) is 3. The van der Waals surface area contributed by atoms with Crippen LogP contribution in [-0.4, -0.2) is 28.5 Å². The highest BCUT2D eigenvalue weighted by atomic mass is 35.5. The summed E-state index contributed by atoms with van der Waals surface area (Å²) in [6.07, 6.45) is -0.0479. The molecule has 0 unspecified atom stereocenters. The van der Waals surface area contributed by atoms with E-state index in [-0.39, 0.29) is 24.8 Å². The van der Waals surface area contributed by atoms with E-state index in [9.17, 15) is 14.4 Å². The molecule has 0 N–H and O–H groups in total. The second-order valence-corrected chi connectivity index (χ2v) is 5.38. The Morgan fingerprint density at radius 3 is 2.27 bits per heavy atom. The summed E-state index contributed by atoms with van der Waals surface area (Å²) in [6.45, 7) is 0.00289. The van der Waals surface area contributed by atoms with Gasteiger partial charge in [-0.3, -0.25) is 19.3 Å². The number of halogens is 1. The summed E-state index contributed by atoms with van der Waals surface area (Å²) in [4.78, 5) is 36.9. The van der Waals surface area contributed by atoms with Gasteiger partial charge in [0.05, 0.1) is 11.1 Å². The SMILES string of the molecule is O=C(Cl)CCN1C(=O)c2cccc(-c3ccccc3)c2C1=O. The average Bonchev–Trinajstić information content (AvgIpc) is 2.78. The van der Waals surface area contributed by atoms with Crippen molar-refractivity contribution in [3.63, 3.8) is 0 Å². The van der Waals surface area contributed by atoms with E-state index in [0.29, 0.717) is 11.1 Å². The monoisotopic (exact) mass is 313 g/mol. The second-order valence-electron chi connectivity index (χ2n) is 4.96. The standard InChI is InChI=1S/C17H12ClNO3/c18-14(20)9-10-19-16(21)13-8-4-7-12(15(13)17(19)22)11-5-2-1-3-6-11/h1-8H,9-10H2. The molecular formula is C17H12ClNO3. The molecule has 22 heavy (non-hydrogen) atoms. The van der Waals surface area contributed by atoms with Gasteiger partial charge < -0.3 is 0 Å². The molecule has 3 rings (SSSR count). The van der Waals surface area contributed by atoms with Crippen LogP contribution in [0.25, 0.3) is 11.1 Å². The van der Waals surface area contributed by atoms with E-state index in [0.717, 1.165) is 16.0 Å². The topological polar surface area (TPSA) is 54.5 Å². The summed E-state index contributed by atoms with van der Waals surface area (Å²) in [5.74, 6) is -0.756. The van der Waals surface area contributed by atoms with E-state index in [2.05, 4.69) is 0 Å². The summed E-state index contributed by atoms with van der Waals surface area (Å²) in [5.41, 5.74) is 2.35. The molecular weight excluding hydrogens is 302 g/mol. The van der Waals surface area contributed by atoms with Crippen molar-refractivity contribution in [3.8, 4) is 11.1 Å². The number of benzene rings is 2. The molecule has 110 valence electrons. The van der Waals surface area contributed by atoms with Crippen molar-refractivity contribution in [1.82, 2.24) is 4.90 Å². The predicted octanol–water partition coefficient (Wildman–Crippen LogP) is 3.11. The molecule has 1 aliphatic rings. The first kappa shape index (κ1) is 14.5. The molecule has 0 saturated heterocycles. The Morgan fingerprint density at radius 1 is 0.909 bits per heavy atom. The minimum absolute atomic E-state index is 0.00289. The Kier molecular flexibility index (Phi) is 3.77. The quantitative estimate of drug-likeness (QED) is 0.644. The third-order valence-corrected chi connectivity index (χ3v) is 3.80. The molecule has 0 atom stereocenters. The fourth-order valence-electron chi connectivity index (χ4n) is 2.59. The summed E-state index contributed by atoms with van der Waals surface area (Å²) < 4.78 is 0. The summed E-state index contributed by atoms with van der Waals surface area (Å²) in [6, 6.07) is 14.6.